The van der Waals surface area contributed by atoms with Crippen molar-refractivity contribution in [2.45, 2.75) is 19.5 Å². The molecule has 8 heteroatoms. The Morgan fingerprint density at radius 2 is 1.94 bits per heavy atom. The summed E-state index contributed by atoms with van der Waals surface area (Å²) in [5.41, 5.74) is 2.33. The third-order valence-corrected chi connectivity index (χ3v) is 6.10. The van der Waals surface area contributed by atoms with E-state index in [0.717, 1.165) is 11.1 Å². The number of nitrogens with zero attached hydrogens (tertiary/aromatic N) is 2. The first-order valence-corrected chi connectivity index (χ1v) is 10.8. The maximum atomic E-state index is 13.2. The molecule has 1 aliphatic rings. The standard InChI is InChI=1S/C25H20Cl2N2O4/c1-14-10-16(5-8-20(14)33-2)23(30)21-22(18-7-6-17(26)11-19(18)27)29(25(32)24(21)31)13-15-4-3-9-28-12-15/h3-12,22,30H,13H2,1-2H3/t22-/m1/s1. The van der Waals surface area contributed by atoms with E-state index in [2.05, 4.69) is 4.98 Å². The fourth-order valence-corrected chi connectivity index (χ4v) is 4.47. The summed E-state index contributed by atoms with van der Waals surface area (Å²) in [6.07, 6.45) is 3.24. The Kier molecular flexibility index (Phi) is 6.40. The molecule has 1 amide bonds. The average molecular weight is 483 g/mol. The largest absolute Gasteiger partial charge is 0.507 e. The highest BCUT2D eigenvalue weighted by atomic mass is 35.5. The van der Waals surface area contributed by atoms with E-state index in [0.29, 0.717) is 21.9 Å². The summed E-state index contributed by atoms with van der Waals surface area (Å²) in [6, 6.07) is 12.5. The Morgan fingerprint density at radius 1 is 1.15 bits per heavy atom. The van der Waals surface area contributed by atoms with Crippen molar-refractivity contribution in [2.24, 2.45) is 0 Å². The van der Waals surface area contributed by atoms with E-state index in [-0.39, 0.29) is 22.9 Å². The predicted molar refractivity (Wildman–Crippen MR) is 126 cm³/mol. The summed E-state index contributed by atoms with van der Waals surface area (Å²) in [5, 5.41) is 11.9. The number of rotatable bonds is 5. The van der Waals surface area contributed by atoms with Crippen molar-refractivity contribution in [2.75, 3.05) is 7.11 Å². The molecular formula is C25H20Cl2N2O4. The molecule has 168 valence electrons. The molecule has 2 heterocycles. The first-order valence-electron chi connectivity index (χ1n) is 10.1. The lowest BCUT2D eigenvalue weighted by Crippen LogP contribution is -2.29. The third-order valence-electron chi connectivity index (χ3n) is 5.54. The van der Waals surface area contributed by atoms with E-state index in [9.17, 15) is 14.7 Å². The van der Waals surface area contributed by atoms with Crippen LogP contribution in [0.3, 0.4) is 0 Å². The number of carbonyl (C=O) groups is 2. The van der Waals surface area contributed by atoms with Crippen LogP contribution in [0.2, 0.25) is 10.0 Å². The molecule has 1 saturated heterocycles. The van der Waals surface area contributed by atoms with Crippen molar-refractivity contribution < 1.29 is 19.4 Å². The van der Waals surface area contributed by atoms with Gasteiger partial charge in [0.2, 0.25) is 0 Å². The summed E-state index contributed by atoms with van der Waals surface area (Å²) in [7, 11) is 1.55. The molecule has 0 unspecified atom stereocenters. The lowest BCUT2D eigenvalue weighted by atomic mass is 9.94. The number of ketones is 1. The van der Waals surface area contributed by atoms with E-state index in [1.165, 1.54) is 4.90 Å². The topological polar surface area (TPSA) is 79.7 Å². The Bertz CT molecular complexity index is 1270. The number of halogens is 2. The smallest absolute Gasteiger partial charge is 0.295 e. The number of methoxy groups -OCH3 is 1. The molecule has 3 aromatic rings. The van der Waals surface area contributed by atoms with Crippen LogP contribution in [0.4, 0.5) is 0 Å². The Morgan fingerprint density at radius 3 is 2.58 bits per heavy atom. The number of pyridine rings is 1. The van der Waals surface area contributed by atoms with Gasteiger partial charge in [0.15, 0.2) is 0 Å². The minimum Gasteiger partial charge on any atom is -0.507 e. The highest BCUT2D eigenvalue weighted by Crippen LogP contribution is 2.43. The van der Waals surface area contributed by atoms with Gasteiger partial charge in [0.25, 0.3) is 11.7 Å². The number of amides is 1. The van der Waals surface area contributed by atoms with Gasteiger partial charge in [-0.2, -0.15) is 0 Å². The van der Waals surface area contributed by atoms with Crippen LogP contribution >= 0.6 is 23.2 Å². The van der Waals surface area contributed by atoms with E-state index >= 15 is 0 Å². The molecule has 1 atom stereocenters. The molecule has 33 heavy (non-hydrogen) atoms. The number of likely N-dealkylation sites (tertiary alicyclic amines) is 1. The van der Waals surface area contributed by atoms with Crippen molar-refractivity contribution >= 4 is 40.7 Å². The van der Waals surface area contributed by atoms with Gasteiger partial charge in [-0.1, -0.05) is 35.3 Å². The number of aliphatic hydroxyl groups is 1. The summed E-state index contributed by atoms with van der Waals surface area (Å²) >= 11 is 12.6. The van der Waals surface area contributed by atoms with Gasteiger partial charge >= 0.3 is 0 Å². The van der Waals surface area contributed by atoms with Gasteiger partial charge in [-0.05, 0) is 60.0 Å². The first-order chi connectivity index (χ1) is 15.8. The zero-order valence-electron chi connectivity index (χ0n) is 17.9. The van der Waals surface area contributed by atoms with Gasteiger partial charge in [0.1, 0.15) is 11.5 Å². The maximum absolute atomic E-state index is 13.2. The number of hydrogen-bond donors (Lipinski definition) is 1. The van der Waals surface area contributed by atoms with Crippen LogP contribution in [0.15, 0.2) is 66.5 Å². The lowest BCUT2D eigenvalue weighted by Gasteiger charge is -2.26. The summed E-state index contributed by atoms with van der Waals surface area (Å²) in [6.45, 7) is 1.94. The van der Waals surface area contributed by atoms with Gasteiger partial charge in [-0.25, -0.2) is 0 Å². The average Bonchev–Trinajstić information content (AvgIpc) is 3.04. The highest BCUT2D eigenvalue weighted by Gasteiger charge is 2.46. The van der Waals surface area contributed by atoms with Gasteiger partial charge < -0.3 is 14.7 Å². The minimum atomic E-state index is -0.905. The Hall–Kier alpha value is -3.35. The SMILES string of the molecule is COc1ccc(C(O)=C2C(=O)C(=O)N(Cc3cccnc3)[C@@H]2c2ccc(Cl)cc2Cl)cc1C. The first kappa shape index (κ1) is 22.8. The monoisotopic (exact) mass is 482 g/mol. The Labute approximate surface area is 201 Å². The molecule has 1 fully saturated rings. The number of benzene rings is 2. The maximum Gasteiger partial charge on any atom is 0.295 e. The zero-order valence-corrected chi connectivity index (χ0v) is 19.4. The third kappa shape index (κ3) is 4.32. The molecule has 0 bridgehead atoms. The van der Waals surface area contributed by atoms with Gasteiger partial charge in [0.05, 0.1) is 18.7 Å². The quantitative estimate of drug-likeness (QED) is 0.302. The minimum absolute atomic E-state index is 0.0438. The fraction of sp³-hybridized carbons (Fsp3) is 0.160. The second-order valence-corrected chi connectivity index (χ2v) is 8.48. The zero-order chi connectivity index (χ0) is 23.7. The van der Waals surface area contributed by atoms with Crippen LogP contribution in [-0.4, -0.2) is 33.8 Å². The van der Waals surface area contributed by atoms with Crippen LogP contribution in [0.25, 0.3) is 5.76 Å². The molecular weight excluding hydrogens is 463 g/mol. The molecule has 1 aromatic heterocycles. The van der Waals surface area contributed by atoms with E-state index in [1.807, 2.05) is 6.92 Å². The van der Waals surface area contributed by atoms with E-state index < -0.39 is 17.7 Å². The molecule has 1 aliphatic heterocycles. The van der Waals surface area contributed by atoms with Crippen molar-refractivity contribution in [3.63, 3.8) is 0 Å². The number of aliphatic hydroxyl groups excluding tert-OH is 1. The normalized spacial score (nSPS) is 17.5. The molecule has 4 rings (SSSR count). The van der Waals surface area contributed by atoms with Gasteiger partial charge in [0, 0.05) is 34.5 Å². The summed E-state index contributed by atoms with van der Waals surface area (Å²) in [5.74, 6) is -1.17. The van der Waals surface area contributed by atoms with Crippen LogP contribution in [0.1, 0.15) is 28.3 Å². The predicted octanol–water partition coefficient (Wildman–Crippen LogP) is 5.33. The molecule has 0 radical (unpaired) electrons. The summed E-state index contributed by atoms with van der Waals surface area (Å²) in [4.78, 5) is 31.8. The number of hydrogen-bond acceptors (Lipinski definition) is 5. The van der Waals surface area contributed by atoms with E-state index in [4.69, 9.17) is 27.9 Å². The van der Waals surface area contributed by atoms with Crippen molar-refractivity contribution in [3.8, 4) is 5.75 Å². The molecule has 1 N–H and O–H groups in total. The summed E-state index contributed by atoms with van der Waals surface area (Å²) < 4.78 is 5.28. The molecule has 0 aliphatic carbocycles. The molecule has 0 saturated carbocycles. The fourth-order valence-electron chi connectivity index (χ4n) is 3.96. The number of aromatic nitrogens is 1. The van der Waals surface area contributed by atoms with Crippen LogP contribution in [-0.2, 0) is 16.1 Å². The van der Waals surface area contributed by atoms with Crippen molar-refractivity contribution in [1.29, 1.82) is 0 Å². The number of Topliss-reactive ketones (excluding diaryl/α,β-unsaturated/α-hetero) is 1. The second-order valence-electron chi connectivity index (χ2n) is 7.64. The number of aryl methyl sites for hydroxylation is 1. The van der Waals surface area contributed by atoms with Crippen molar-refractivity contribution in [1.82, 2.24) is 9.88 Å². The van der Waals surface area contributed by atoms with Gasteiger partial charge in [-0.15, -0.1) is 0 Å². The Balaban J connectivity index is 1.90. The number of carbonyl (C=O) groups excluding carboxylic acids is 2. The molecule has 0 spiro atoms. The van der Waals surface area contributed by atoms with Crippen molar-refractivity contribution in [3.05, 3.63) is 98.8 Å². The van der Waals surface area contributed by atoms with E-state index in [1.54, 1.807) is 68.0 Å². The lowest BCUT2D eigenvalue weighted by molar-refractivity contribution is -0.140. The van der Waals surface area contributed by atoms with Crippen LogP contribution < -0.4 is 4.74 Å². The molecule has 2 aromatic carbocycles. The highest BCUT2D eigenvalue weighted by molar-refractivity contribution is 6.47. The van der Waals surface area contributed by atoms with Gasteiger partial charge in [-0.3, -0.25) is 14.6 Å². The second kappa shape index (κ2) is 9.25. The van der Waals surface area contributed by atoms with Crippen LogP contribution in [0.5, 0.6) is 5.75 Å². The van der Waals surface area contributed by atoms with Crippen LogP contribution in [0, 0.1) is 6.92 Å². The number of ether oxygens (including phenoxy) is 1. The molecule has 6 nitrogen and oxygen atoms in total.